The molecule has 140 valence electrons. The molecule has 1 aromatic carbocycles. The highest BCUT2D eigenvalue weighted by Gasteiger charge is 2.20. The predicted molar refractivity (Wildman–Crippen MR) is 110 cm³/mol. The fourth-order valence-corrected chi connectivity index (χ4v) is 5.98. The Hall–Kier alpha value is -0.560. The molecule has 2 saturated heterocycles. The zero-order valence-corrected chi connectivity index (χ0v) is 17.0. The molecule has 0 saturated carbocycles. The van der Waals surface area contributed by atoms with Gasteiger partial charge in [-0.25, -0.2) is 0 Å². The van der Waals surface area contributed by atoms with E-state index in [1.807, 2.05) is 35.7 Å². The SMILES string of the molecule is CC1CC(NC(=O)COc2ccc(C3SCCCS3)cc2)CCN1.Cl. The zero-order valence-electron chi connectivity index (χ0n) is 14.5. The second kappa shape index (κ2) is 10.6. The lowest BCUT2D eigenvalue weighted by atomic mass is 10.0. The molecule has 1 aromatic rings. The van der Waals surface area contributed by atoms with Crippen LogP contribution < -0.4 is 15.4 Å². The maximum atomic E-state index is 12.0. The normalized spacial score (nSPS) is 24.2. The number of hydrogen-bond acceptors (Lipinski definition) is 5. The average Bonchev–Trinajstić information content (AvgIpc) is 2.61. The molecule has 2 heterocycles. The van der Waals surface area contributed by atoms with Gasteiger partial charge in [0, 0.05) is 12.1 Å². The van der Waals surface area contributed by atoms with Crippen LogP contribution in [0.25, 0.3) is 0 Å². The van der Waals surface area contributed by atoms with Crippen LogP contribution in [0.1, 0.15) is 36.3 Å². The van der Waals surface area contributed by atoms with E-state index in [2.05, 4.69) is 29.7 Å². The molecule has 0 aliphatic carbocycles. The van der Waals surface area contributed by atoms with E-state index >= 15 is 0 Å². The third-order valence-corrected chi connectivity index (χ3v) is 7.35. The monoisotopic (exact) mass is 402 g/mol. The maximum Gasteiger partial charge on any atom is 0.258 e. The molecule has 25 heavy (non-hydrogen) atoms. The quantitative estimate of drug-likeness (QED) is 0.787. The Bertz CT molecular complexity index is 538. The van der Waals surface area contributed by atoms with E-state index in [0.717, 1.165) is 25.1 Å². The fraction of sp³-hybridized carbons (Fsp3) is 0.611. The first-order valence-electron chi connectivity index (χ1n) is 8.69. The van der Waals surface area contributed by atoms with Gasteiger partial charge in [-0.05, 0) is 61.9 Å². The van der Waals surface area contributed by atoms with Crippen molar-refractivity contribution in [1.29, 1.82) is 0 Å². The molecule has 2 atom stereocenters. The first-order chi connectivity index (χ1) is 11.7. The van der Waals surface area contributed by atoms with Gasteiger partial charge < -0.3 is 15.4 Å². The standard InChI is InChI=1S/C18H26N2O2S2.ClH/c1-13-11-15(7-8-19-13)20-17(21)12-22-16-5-3-14(4-6-16)18-23-9-2-10-24-18;/h3-6,13,15,18-19H,2,7-12H2,1H3,(H,20,21);1H. The summed E-state index contributed by atoms with van der Waals surface area (Å²) >= 11 is 4.03. The van der Waals surface area contributed by atoms with Crippen LogP contribution in [0, 0.1) is 0 Å². The Balaban J connectivity index is 0.00000225. The van der Waals surface area contributed by atoms with Crippen molar-refractivity contribution in [2.75, 3.05) is 24.7 Å². The lowest BCUT2D eigenvalue weighted by molar-refractivity contribution is -0.124. The van der Waals surface area contributed by atoms with Crippen molar-refractivity contribution in [1.82, 2.24) is 10.6 Å². The molecule has 7 heteroatoms. The number of carbonyl (C=O) groups excluding carboxylic acids is 1. The van der Waals surface area contributed by atoms with Crippen molar-refractivity contribution in [3.05, 3.63) is 29.8 Å². The molecule has 2 fully saturated rings. The van der Waals surface area contributed by atoms with Gasteiger partial charge in [0.2, 0.25) is 0 Å². The Morgan fingerprint density at radius 3 is 2.68 bits per heavy atom. The Morgan fingerprint density at radius 2 is 2.00 bits per heavy atom. The topological polar surface area (TPSA) is 50.4 Å². The summed E-state index contributed by atoms with van der Waals surface area (Å²) in [6, 6.07) is 8.93. The minimum Gasteiger partial charge on any atom is -0.484 e. The maximum absolute atomic E-state index is 12.0. The molecule has 0 spiro atoms. The lowest BCUT2D eigenvalue weighted by Crippen LogP contribution is -2.47. The number of ether oxygens (including phenoxy) is 1. The Morgan fingerprint density at radius 1 is 1.28 bits per heavy atom. The number of nitrogens with one attached hydrogen (secondary N) is 2. The number of hydrogen-bond donors (Lipinski definition) is 2. The Labute approximate surface area is 165 Å². The van der Waals surface area contributed by atoms with Gasteiger partial charge in [-0.2, -0.15) is 0 Å². The van der Waals surface area contributed by atoms with Gasteiger partial charge >= 0.3 is 0 Å². The summed E-state index contributed by atoms with van der Waals surface area (Å²) in [6.07, 6.45) is 3.27. The summed E-state index contributed by atoms with van der Waals surface area (Å²) < 4.78 is 6.18. The van der Waals surface area contributed by atoms with E-state index in [9.17, 15) is 4.79 Å². The second-order valence-corrected chi connectivity index (χ2v) is 9.15. The Kier molecular flexibility index (Phi) is 8.76. The van der Waals surface area contributed by atoms with Crippen LogP contribution in [-0.2, 0) is 4.79 Å². The second-order valence-electron chi connectivity index (χ2n) is 6.43. The van der Waals surface area contributed by atoms with Gasteiger partial charge in [0.15, 0.2) is 6.61 Å². The predicted octanol–water partition coefficient (Wildman–Crippen LogP) is 3.61. The number of amides is 1. The molecule has 0 radical (unpaired) electrons. The van der Waals surface area contributed by atoms with Gasteiger partial charge in [-0.15, -0.1) is 35.9 Å². The number of halogens is 1. The minimum absolute atomic E-state index is 0. The van der Waals surface area contributed by atoms with E-state index < -0.39 is 0 Å². The van der Waals surface area contributed by atoms with Crippen LogP contribution in [0.4, 0.5) is 0 Å². The van der Waals surface area contributed by atoms with Crippen molar-refractivity contribution in [3.8, 4) is 5.75 Å². The van der Waals surface area contributed by atoms with E-state index in [1.54, 1.807) is 0 Å². The summed E-state index contributed by atoms with van der Waals surface area (Å²) in [7, 11) is 0. The van der Waals surface area contributed by atoms with Gasteiger partial charge in [0.25, 0.3) is 5.91 Å². The van der Waals surface area contributed by atoms with E-state index in [-0.39, 0.29) is 31.0 Å². The highest BCUT2D eigenvalue weighted by atomic mass is 35.5. The van der Waals surface area contributed by atoms with Gasteiger partial charge in [0.1, 0.15) is 5.75 Å². The molecular weight excluding hydrogens is 376 g/mol. The number of thioether (sulfide) groups is 2. The van der Waals surface area contributed by atoms with Gasteiger partial charge in [-0.3, -0.25) is 4.79 Å². The molecule has 1 amide bonds. The van der Waals surface area contributed by atoms with E-state index in [1.165, 1.54) is 23.5 Å². The first-order valence-corrected chi connectivity index (χ1v) is 10.8. The van der Waals surface area contributed by atoms with Crippen LogP contribution in [0.2, 0.25) is 0 Å². The van der Waals surface area contributed by atoms with Crippen LogP contribution in [0.5, 0.6) is 5.75 Å². The molecule has 2 aliphatic rings. The van der Waals surface area contributed by atoms with Crippen molar-refractivity contribution in [3.63, 3.8) is 0 Å². The smallest absolute Gasteiger partial charge is 0.258 e. The molecule has 0 bridgehead atoms. The summed E-state index contributed by atoms with van der Waals surface area (Å²) in [5, 5.41) is 6.46. The third-order valence-electron chi connectivity index (χ3n) is 4.34. The van der Waals surface area contributed by atoms with Crippen LogP contribution >= 0.6 is 35.9 Å². The summed E-state index contributed by atoms with van der Waals surface area (Å²) in [4.78, 5) is 12.0. The van der Waals surface area contributed by atoms with Gasteiger partial charge in [0.05, 0.1) is 4.58 Å². The molecule has 4 nitrogen and oxygen atoms in total. The van der Waals surface area contributed by atoms with E-state index in [4.69, 9.17) is 4.74 Å². The van der Waals surface area contributed by atoms with Crippen molar-refractivity contribution >= 4 is 41.8 Å². The highest BCUT2D eigenvalue weighted by molar-refractivity contribution is 8.16. The van der Waals surface area contributed by atoms with Crippen molar-refractivity contribution in [2.45, 2.75) is 42.9 Å². The van der Waals surface area contributed by atoms with Gasteiger partial charge in [-0.1, -0.05) is 12.1 Å². The lowest BCUT2D eigenvalue weighted by Gasteiger charge is -2.28. The van der Waals surface area contributed by atoms with Crippen molar-refractivity contribution in [2.24, 2.45) is 0 Å². The molecule has 2 N–H and O–H groups in total. The number of rotatable bonds is 5. The van der Waals surface area contributed by atoms with Crippen LogP contribution in [0.3, 0.4) is 0 Å². The molecule has 2 unspecified atom stereocenters. The molecule has 2 aliphatic heterocycles. The van der Waals surface area contributed by atoms with E-state index in [0.29, 0.717) is 10.6 Å². The highest BCUT2D eigenvalue weighted by Crippen LogP contribution is 2.43. The molecule has 3 rings (SSSR count). The van der Waals surface area contributed by atoms with Crippen molar-refractivity contribution < 1.29 is 9.53 Å². The van der Waals surface area contributed by atoms with Crippen LogP contribution in [0.15, 0.2) is 24.3 Å². The number of benzene rings is 1. The fourth-order valence-electron chi connectivity index (χ4n) is 3.08. The average molecular weight is 403 g/mol. The zero-order chi connectivity index (χ0) is 16.8. The summed E-state index contributed by atoms with van der Waals surface area (Å²) in [6.45, 7) is 3.20. The minimum atomic E-state index is -0.0310. The third kappa shape index (κ3) is 6.59. The molecule has 0 aromatic heterocycles. The number of piperidine rings is 1. The summed E-state index contributed by atoms with van der Waals surface area (Å²) in [5.41, 5.74) is 1.34. The largest absolute Gasteiger partial charge is 0.484 e. The first kappa shape index (κ1) is 20.7. The van der Waals surface area contributed by atoms with Crippen LogP contribution in [-0.4, -0.2) is 42.6 Å². The summed E-state index contributed by atoms with van der Waals surface area (Å²) in [5.74, 6) is 3.21. The number of carbonyl (C=O) groups is 1. The molecular formula is C18H27ClN2O2S2.